The van der Waals surface area contributed by atoms with E-state index in [1.165, 1.54) is 12.8 Å². The largest absolute Gasteiger partial charge is 0.379 e. The Morgan fingerprint density at radius 1 is 1.35 bits per heavy atom. The molecular weight excluding hydrogens is 216 g/mol. The Balaban J connectivity index is 1.95. The van der Waals surface area contributed by atoms with Gasteiger partial charge in [-0.05, 0) is 38.0 Å². The molecule has 4 nitrogen and oxygen atoms in total. The van der Waals surface area contributed by atoms with Crippen molar-refractivity contribution in [3.05, 3.63) is 0 Å². The molecule has 1 saturated heterocycles. The van der Waals surface area contributed by atoms with Crippen LogP contribution in [0.25, 0.3) is 0 Å². The minimum Gasteiger partial charge on any atom is -0.379 e. The summed E-state index contributed by atoms with van der Waals surface area (Å²) in [6, 6.07) is 0.375. The number of hydrogen-bond acceptors (Lipinski definition) is 3. The van der Waals surface area contributed by atoms with Gasteiger partial charge in [-0.15, -0.1) is 0 Å². The number of ether oxygens (including phenoxy) is 1. The first-order valence-electron chi connectivity index (χ1n) is 6.67. The van der Waals surface area contributed by atoms with Crippen LogP contribution in [-0.4, -0.2) is 42.6 Å². The summed E-state index contributed by atoms with van der Waals surface area (Å²) in [6.45, 7) is 3.27. The van der Waals surface area contributed by atoms with Crippen molar-refractivity contribution in [3.63, 3.8) is 0 Å². The van der Waals surface area contributed by atoms with E-state index in [-0.39, 0.29) is 5.91 Å². The highest BCUT2D eigenvalue weighted by Gasteiger charge is 2.41. The second-order valence-corrected chi connectivity index (χ2v) is 5.79. The predicted molar refractivity (Wildman–Crippen MR) is 66.5 cm³/mol. The van der Waals surface area contributed by atoms with E-state index >= 15 is 0 Å². The van der Waals surface area contributed by atoms with Crippen LogP contribution in [0, 0.1) is 5.92 Å². The highest BCUT2D eigenvalue weighted by atomic mass is 16.5. The minimum absolute atomic E-state index is 0.0644. The summed E-state index contributed by atoms with van der Waals surface area (Å²) in [7, 11) is 1.90. The Labute approximate surface area is 103 Å². The predicted octanol–water partition coefficient (Wildman–Crippen LogP) is 1.14. The topological polar surface area (TPSA) is 55.6 Å². The molecule has 2 fully saturated rings. The summed E-state index contributed by atoms with van der Waals surface area (Å²) >= 11 is 0. The van der Waals surface area contributed by atoms with Crippen LogP contribution in [0.5, 0.6) is 0 Å². The van der Waals surface area contributed by atoms with E-state index in [1.54, 1.807) is 0 Å². The van der Waals surface area contributed by atoms with Gasteiger partial charge >= 0.3 is 0 Å². The van der Waals surface area contributed by atoms with E-state index < -0.39 is 5.54 Å². The van der Waals surface area contributed by atoms with Crippen LogP contribution in [0.1, 0.15) is 39.0 Å². The van der Waals surface area contributed by atoms with E-state index in [0.717, 1.165) is 18.8 Å². The van der Waals surface area contributed by atoms with Crippen LogP contribution in [0.15, 0.2) is 0 Å². The molecule has 17 heavy (non-hydrogen) atoms. The number of carbonyl (C=O) groups is 1. The molecule has 2 rings (SSSR count). The van der Waals surface area contributed by atoms with Crippen LogP contribution in [-0.2, 0) is 9.53 Å². The van der Waals surface area contributed by atoms with Gasteiger partial charge in [-0.3, -0.25) is 4.79 Å². The van der Waals surface area contributed by atoms with E-state index in [1.807, 2.05) is 11.9 Å². The average molecular weight is 240 g/mol. The zero-order valence-electron chi connectivity index (χ0n) is 10.9. The summed E-state index contributed by atoms with van der Waals surface area (Å²) < 4.78 is 5.26. The van der Waals surface area contributed by atoms with Crippen molar-refractivity contribution in [2.45, 2.75) is 50.6 Å². The standard InChI is InChI=1S/C13H24N2O2/c1-10-3-5-11(6-4-10)15(2)12(16)13(14)7-8-17-9-13/h10-11H,3-9,14H2,1-2H3. The molecule has 1 amide bonds. The van der Waals surface area contributed by atoms with Gasteiger partial charge in [-0.2, -0.15) is 0 Å². The van der Waals surface area contributed by atoms with Crippen molar-refractivity contribution in [2.24, 2.45) is 11.7 Å². The highest BCUT2D eigenvalue weighted by Crippen LogP contribution is 2.28. The van der Waals surface area contributed by atoms with Gasteiger partial charge in [0, 0.05) is 19.7 Å². The maximum atomic E-state index is 12.4. The molecule has 0 aromatic rings. The third kappa shape index (κ3) is 2.63. The van der Waals surface area contributed by atoms with Crippen LogP contribution in [0.4, 0.5) is 0 Å². The van der Waals surface area contributed by atoms with Gasteiger partial charge in [-0.1, -0.05) is 6.92 Å². The zero-order valence-corrected chi connectivity index (χ0v) is 10.9. The number of nitrogens with two attached hydrogens (primary N) is 1. The van der Waals surface area contributed by atoms with Crippen LogP contribution in [0.2, 0.25) is 0 Å². The SMILES string of the molecule is CC1CCC(N(C)C(=O)C2(N)CCOC2)CC1. The molecule has 0 aromatic carbocycles. The van der Waals surface area contributed by atoms with Gasteiger partial charge in [-0.25, -0.2) is 0 Å². The summed E-state index contributed by atoms with van der Waals surface area (Å²) in [5.74, 6) is 0.867. The molecule has 1 aliphatic heterocycles. The van der Waals surface area contributed by atoms with Crippen LogP contribution >= 0.6 is 0 Å². The molecular formula is C13H24N2O2. The molecule has 0 aromatic heterocycles. The molecule has 1 saturated carbocycles. The summed E-state index contributed by atoms with van der Waals surface area (Å²) in [5.41, 5.74) is 5.36. The molecule has 0 radical (unpaired) electrons. The molecule has 98 valence electrons. The minimum atomic E-state index is -0.766. The lowest BCUT2D eigenvalue weighted by Gasteiger charge is -2.37. The smallest absolute Gasteiger partial charge is 0.245 e. The summed E-state index contributed by atoms with van der Waals surface area (Å²) in [4.78, 5) is 14.2. The molecule has 2 N–H and O–H groups in total. The van der Waals surface area contributed by atoms with E-state index in [4.69, 9.17) is 10.5 Å². The molecule has 2 aliphatic rings. The van der Waals surface area contributed by atoms with Crippen molar-refractivity contribution >= 4 is 5.91 Å². The summed E-state index contributed by atoms with van der Waals surface area (Å²) in [5, 5.41) is 0. The molecule has 0 bridgehead atoms. The maximum Gasteiger partial charge on any atom is 0.245 e. The lowest BCUT2D eigenvalue weighted by Crippen LogP contribution is -2.57. The van der Waals surface area contributed by atoms with Crippen molar-refractivity contribution in [2.75, 3.05) is 20.3 Å². The third-order valence-corrected chi connectivity index (χ3v) is 4.33. The first kappa shape index (κ1) is 12.8. The summed E-state index contributed by atoms with van der Waals surface area (Å²) in [6.07, 6.45) is 5.31. The highest BCUT2D eigenvalue weighted by molar-refractivity contribution is 5.86. The molecule has 4 heteroatoms. The van der Waals surface area contributed by atoms with Crippen molar-refractivity contribution < 1.29 is 9.53 Å². The fourth-order valence-electron chi connectivity index (χ4n) is 2.90. The lowest BCUT2D eigenvalue weighted by molar-refractivity contribution is -0.138. The monoisotopic (exact) mass is 240 g/mol. The molecule has 1 heterocycles. The quantitative estimate of drug-likeness (QED) is 0.787. The molecule has 1 unspecified atom stereocenters. The first-order chi connectivity index (χ1) is 8.03. The molecule has 0 spiro atoms. The fourth-order valence-corrected chi connectivity index (χ4v) is 2.90. The van der Waals surface area contributed by atoms with Gasteiger partial charge in [0.1, 0.15) is 5.54 Å². The number of nitrogens with zero attached hydrogens (tertiary/aromatic N) is 1. The van der Waals surface area contributed by atoms with Crippen LogP contribution in [0.3, 0.4) is 0 Å². The van der Waals surface area contributed by atoms with E-state index in [2.05, 4.69) is 6.92 Å². The second kappa shape index (κ2) is 4.94. The average Bonchev–Trinajstić information content (AvgIpc) is 2.76. The van der Waals surface area contributed by atoms with Gasteiger partial charge in [0.25, 0.3) is 0 Å². The van der Waals surface area contributed by atoms with E-state index in [0.29, 0.717) is 25.7 Å². The Morgan fingerprint density at radius 3 is 2.53 bits per heavy atom. The van der Waals surface area contributed by atoms with Crippen molar-refractivity contribution in [1.82, 2.24) is 4.90 Å². The Hall–Kier alpha value is -0.610. The Morgan fingerprint density at radius 2 is 2.00 bits per heavy atom. The van der Waals surface area contributed by atoms with E-state index in [9.17, 15) is 4.79 Å². The third-order valence-electron chi connectivity index (χ3n) is 4.33. The van der Waals surface area contributed by atoms with Gasteiger partial charge in [0.2, 0.25) is 5.91 Å². The van der Waals surface area contributed by atoms with Gasteiger partial charge in [0.15, 0.2) is 0 Å². The second-order valence-electron chi connectivity index (χ2n) is 5.79. The van der Waals surface area contributed by atoms with Crippen molar-refractivity contribution in [3.8, 4) is 0 Å². The molecule has 1 atom stereocenters. The van der Waals surface area contributed by atoms with Crippen LogP contribution < -0.4 is 5.73 Å². The lowest BCUT2D eigenvalue weighted by atomic mass is 9.86. The number of likely N-dealkylation sites (N-methyl/N-ethyl adjacent to an activating group) is 1. The first-order valence-corrected chi connectivity index (χ1v) is 6.67. The Bertz CT molecular complexity index is 279. The Kier molecular flexibility index (Phi) is 3.73. The van der Waals surface area contributed by atoms with Gasteiger partial charge in [0.05, 0.1) is 6.61 Å². The number of carbonyl (C=O) groups excluding carboxylic acids is 1. The molecule has 1 aliphatic carbocycles. The van der Waals surface area contributed by atoms with Crippen molar-refractivity contribution in [1.29, 1.82) is 0 Å². The number of rotatable bonds is 2. The maximum absolute atomic E-state index is 12.4. The number of hydrogen-bond donors (Lipinski definition) is 1. The zero-order chi connectivity index (χ0) is 12.5. The number of amides is 1. The van der Waals surface area contributed by atoms with Gasteiger partial charge < -0.3 is 15.4 Å². The fraction of sp³-hybridized carbons (Fsp3) is 0.923. The normalized spacial score (nSPS) is 38.1.